The number of halogens is 1. The van der Waals surface area contributed by atoms with Gasteiger partial charge in [0.1, 0.15) is 5.54 Å². The van der Waals surface area contributed by atoms with Gasteiger partial charge in [-0.15, -0.1) is 17.9 Å². The number of nitrogens with one attached hydrogen (secondary N) is 2. The molecular formula is C22H25ClN4O3S. The Morgan fingerprint density at radius 2 is 2.03 bits per heavy atom. The van der Waals surface area contributed by atoms with Crippen LogP contribution in [0.25, 0.3) is 0 Å². The van der Waals surface area contributed by atoms with E-state index < -0.39 is 23.4 Å². The van der Waals surface area contributed by atoms with Crippen LogP contribution in [0.1, 0.15) is 23.8 Å². The van der Waals surface area contributed by atoms with E-state index in [1.807, 2.05) is 41.3 Å². The number of imide groups is 1. The number of nitrogens with zero attached hydrogens (tertiary/aromatic N) is 2. The summed E-state index contributed by atoms with van der Waals surface area (Å²) in [6, 6.07) is 12.8. The smallest absolute Gasteiger partial charge is 0.322 e. The molecule has 1 atom stereocenters. The van der Waals surface area contributed by atoms with E-state index in [9.17, 15) is 14.4 Å². The van der Waals surface area contributed by atoms with Crippen LogP contribution in [0.3, 0.4) is 0 Å². The molecular weight excluding hydrogens is 436 g/mol. The Labute approximate surface area is 190 Å². The minimum absolute atomic E-state index is 0.000666. The van der Waals surface area contributed by atoms with Crippen LogP contribution in [0.5, 0.6) is 0 Å². The topological polar surface area (TPSA) is 81.8 Å². The van der Waals surface area contributed by atoms with Crippen molar-refractivity contribution in [3.8, 4) is 0 Å². The molecule has 0 spiro atoms. The molecule has 0 saturated carbocycles. The third kappa shape index (κ3) is 5.94. The standard InChI is InChI=1S/C22H25ClN4O3S/c1-3-13-26(14-17-9-10-18(23)31-17)15-19(28)25-27-20(29)22(2,24-21(27)30)12-11-16-7-5-4-6-8-16/h3-10H,1,11-15H2,2H3,(H,24,30)(H,25,28). The number of rotatable bonds is 10. The number of amides is 4. The average Bonchev–Trinajstić information content (AvgIpc) is 3.23. The SMILES string of the molecule is C=CCN(CC(=O)NN1C(=O)NC(C)(CCc2ccccc2)C1=O)Cc1ccc(Cl)s1. The number of benzene rings is 1. The van der Waals surface area contributed by atoms with Crippen molar-refractivity contribution < 1.29 is 14.4 Å². The van der Waals surface area contributed by atoms with Crippen molar-refractivity contribution >= 4 is 40.8 Å². The summed E-state index contributed by atoms with van der Waals surface area (Å²) in [7, 11) is 0. The zero-order chi connectivity index (χ0) is 22.4. The van der Waals surface area contributed by atoms with Gasteiger partial charge in [-0.05, 0) is 37.5 Å². The monoisotopic (exact) mass is 460 g/mol. The molecule has 0 aliphatic carbocycles. The van der Waals surface area contributed by atoms with Gasteiger partial charge in [0.25, 0.3) is 11.8 Å². The Morgan fingerprint density at radius 1 is 1.29 bits per heavy atom. The Hall–Kier alpha value is -2.68. The van der Waals surface area contributed by atoms with Crippen LogP contribution in [-0.2, 0) is 22.6 Å². The van der Waals surface area contributed by atoms with E-state index in [1.54, 1.807) is 19.1 Å². The first-order valence-corrected chi connectivity index (χ1v) is 11.1. The fraction of sp³-hybridized carbons (Fsp3) is 0.318. The molecule has 1 aliphatic heterocycles. The minimum Gasteiger partial charge on any atom is -0.322 e. The molecule has 2 aromatic rings. The molecule has 1 aromatic heterocycles. The molecule has 1 aliphatic rings. The predicted octanol–water partition coefficient (Wildman–Crippen LogP) is 3.36. The molecule has 0 bridgehead atoms. The fourth-order valence-corrected chi connectivity index (χ4v) is 4.51. The van der Waals surface area contributed by atoms with E-state index in [2.05, 4.69) is 17.3 Å². The van der Waals surface area contributed by atoms with Crippen molar-refractivity contribution in [2.24, 2.45) is 0 Å². The number of carbonyl (C=O) groups is 3. The normalized spacial score (nSPS) is 18.4. The second-order valence-corrected chi connectivity index (χ2v) is 9.39. The van der Waals surface area contributed by atoms with Gasteiger partial charge in [0.2, 0.25) is 0 Å². The van der Waals surface area contributed by atoms with E-state index in [0.29, 0.717) is 30.3 Å². The van der Waals surface area contributed by atoms with Crippen LogP contribution >= 0.6 is 22.9 Å². The number of thiophene rings is 1. The van der Waals surface area contributed by atoms with Gasteiger partial charge in [-0.1, -0.05) is 48.0 Å². The summed E-state index contributed by atoms with van der Waals surface area (Å²) in [5, 5.41) is 3.49. The zero-order valence-electron chi connectivity index (χ0n) is 17.3. The van der Waals surface area contributed by atoms with Crippen molar-refractivity contribution in [1.29, 1.82) is 0 Å². The average molecular weight is 461 g/mol. The summed E-state index contributed by atoms with van der Waals surface area (Å²) >= 11 is 7.41. The van der Waals surface area contributed by atoms with Crippen LogP contribution in [0, 0.1) is 0 Å². The largest absolute Gasteiger partial charge is 0.344 e. The molecule has 0 radical (unpaired) electrons. The van der Waals surface area contributed by atoms with Gasteiger partial charge in [-0.2, -0.15) is 5.01 Å². The van der Waals surface area contributed by atoms with Crippen molar-refractivity contribution in [3.05, 3.63) is 69.9 Å². The van der Waals surface area contributed by atoms with Crippen molar-refractivity contribution in [2.45, 2.75) is 31.8 Å². The lowest BCUT2D eigenvalue weighted by Crippen LogP contribution is -2.51. The maximum Gasteiger partial charge on any atom is 0.344 e. The highest BCUT2D eigenvalue weighted by Crippen LogP contribution is 2.23. The maximum atomic E-state index is 12.9. The van der Waals surface area contributed by atoms with Gasteiger partial charge in [0.05, 0.1) is 10.9 Å². The van der Waals surface area contributed by atoms with Gasteiger partial charge in [-0.3, -0.25) is 19.9 Å². The molecule has 1 saturated heterocycles. The summed E-state index contributed by atoms with van der Waals surface area (Å²) in [5.41, 5.74) is 2.44. The number of hydrogen-bond acceptors (Lipinski definition) is 5. The van der Waals surface area contributed by atoms with Crippen LogP contribution in [0.2, 0.25) is 4.34 Å². The first kappa shape index (κ1) is 23.0. The molecule has 1 unspecified atom stereocenters. The minimum atomic E-state index is -1.07. The third-order valence-electron chi connectivity index (χ3n) is 5.02. The summed E-state index contributed by atoms with van der Waals surface area (Å²) in [5.74, 6) is -0.928. The summed E-state index contributed by atoms with van der Waals surface area (Å²) in [6.07, 6.45) is 2.74. The molecule has 164 valence electrons. The van der Waals surface area contributed by atoms with Crippen LogP contribution < -0.4 is 10.7 Å². The maximum absolute atomic E-state index is 12.9. The van der Waals surface area contributed by atoms with E-state index in [4.69, 9.17) is 11.6 Å². The molecule has 31 heavy (non-hydrogen) atoms. The second kappa shape index (κ2) is 10.1. The Bertz CT molecular complexity index is 965. The predicted molar refractivity (Wildman–Crippen MR) is 121 cm³/mol. The van der Waals surface area contributed by atoms with Crippen LogP contribution in [-0.4, -0.2) is 46.4 Å². The molecule has 7 nitrogen and oxygen atoms in total. The molecule has 9 heteroatoms. The van der Waals surface area contributed by atoms with Gasteiger partial charge < -0.3 is 5.32 Å². The Balaban J connectivity index is 1.58. The number of carbonyl (C=O) groups excluding carboxylic acids is 3. The Morgan fingerprint density at radius 3 is 2.68 bits per heavy atom. The summed E-state index contributed by atoms with van der Waals surface area (Å²) < 4.78 is 0.673. The first-order valence-electron chi connectivity index (χ1n) is 9.88. The Kier molecular flexibility index (Phi) is 7.48. The number of urea groups is 1. The highest BCUT2D eigenvalue weighted by Gasteiger charge is 2.48. The van der Waals surface area contributed by atoms with E-state index in [1.165, 1.54) is 11.3 Å². The highest BCUT2D eigenvalue weighted by molar-refractivity contribution is 7.16. The van der Waals surface area contributed by atoms with Gasteiger partial charge in [-0.25, -0.2) is 4.79 Å². The zero-order valence-corrected chi connectivity index (χ0v) is 18.8. The lowest BCUT2D eigenvalue weighted by molar-refractivity contribution is -0.139. The van der Waals surface area contributed by atoms with E-state index >= 15 is 0 Å². The van der Waals surface area contributed by atoms with Crippen molar-refractivity contribution in [3.63, 3.8) is 0 Å². The molecule has 2 heterocycles. The molecule has 3 rings (SSSR count). The summed E-state index contributed by atoms with van der Waals surface area (Å²) in [6.45, 7) is 6.37. The van der Waals surface area contributed by atoms with E-state index in [0.717, 1.165) is 15.4 Å². The van der Waals surface area contributed by atoms with E-state index in [-0.39, 0.29) is 6.54 Å². The molecule has 4 amide bonds. The fourth-order valence-electron chi connectivity index (χ4n) is 3.38. The third-order valence-corrected chi connectivity index (χ3v) is 6.23. The number of hydrogen-bond donors (Lipinski definition) is 2. The number of hydrazine groups is 1. The lowest BCUT2D eigenvalue weighted by atomic mass is 9.93. The van der Waals surface area contributed by atoms with Gasteiger partial charge in [0, 0.05) is 18.0 Å². The molecule has 1 fully saturated rings. The molecule has 2 N–H and O–H groups in total. The van der Waals surface area contributed by atoms with Crippen molar-refractivity contribution in [1.82, 2.24) is 20.7 Å². The first-order chi connectivity index (χ1) is 14.8. The second-order valence-electron chi connectivity index (χ2n) is 7.59. The molecule has 1 aromatic carbocycles. The van der Waals surface area contributed by atoms with Crippen LogP contribution in [0.15, 0.2) is 55.1 Å². The van der Waals surface area contributed by atoms with Crippen molar-refractivity contribution in [2.75, 3.05) is 13.1 Å². The summed E-state index contributed by atoms with van der Waals surface area (Å²) in [4.78, 5) is 40.7. The quantitative estimate of drug-likeness (QED) is 0.420. The highest BCUT2D eigenvalue weighted by atomic mass is 35.5. The lowest BCUT2D eigenvalue weighted by Gasteiger charge is -2.23. The van der Waals surface area contributed by atoms with Gasteiger partial charge >= 0.3 is 6.03 Å². The number of aryl methyl sites for hydroxylation is 1. The van der Waals surface area contributed by atoms with Gasteiger partial charge in [0.15, 0.2) is 0 Å². The van der Waals surface area contributed by atoms with Crippen LogP contribution in [0.4, 0.5) is 4.79 Å².